The van der Waals surface area contributed by atoms with Crippen LogP contribution in [0.4, 0.5) is 5.82 Å². The van der Waals surface area contributed by atoms with Crippen LogP contribution in [0.3, 0.4) is 0 Å². The van der Waals surface area contributed by atoms with Gasteiger partial charge < -0.3 is 10.1 Å². The van der Waals surface area contributed by atoms with E-state index in [2.05, 4.69) is 28.5 Å². The topological polar surface area (TPSA) is 57.9 Å². The Morgan fingerprint density at radius 2 is 2.10 bits per heavy atom. The molecule has 0 amide bonds. The van der Waals surface area contributed by atoms with E-state index in [4.69, 9.17) is 10.00 Å². The van der Waals surface area contributed by atoms with Gasteiger partial charge in [-0.1, -0.05) is 30.3 Å². The molecule has 1 aliphatic heterocycles. The van der Waals surface area contributed by atoms with Crippen LogP contribution in [0.25, 0.3) is 0 Å². The molecule has 106 valence electrons. The van der Waals surface area contributed by atoms with Crippen molar-refractivity contribution < 1.29 is 4.74 Å². The number of nitriles is 1. The van der Waals surface area contributed by atoms with E-state index >= 15 is 0 Å². The largest absolute Gasteiger partial charge is 0.381 e. The third-order valence-corrected chi connectivity index (χ3v) is 3.79. The Bertz CT molecular complexity index is 613. The second kappa shape index (κ2) is 6.38. The maximum Gasteiger partial charge on any atom is 0.126 e. The van der Waals surface area contributed by atoms with Crippen molar-refractivity contribution in [3.63, 3.8) is 0 Å². The van der Waals surface area contributed by atoms with Crippen molar-refractivity contribution in [3.8, 4) is 6.07 Å². The van der Waals surface area contributed by atoms with Gasteiger partial charge in [-0.2, -0.15) is 5.26 Å². The van der Waals surface area contributed by atoms with Gasteiger partial charge in [-0.05, 0) is 24.1 Å². The average molecular weight is 279 g/mol. The monoisotopic (exact) mass is 279 g/mol. The Morgan fingerprint density at radius 3 is 2.71 bits per heavy atom. The summed E-state index contributed by atoms with van der Waals surface area (Å²) in [7, 11) is 0. The lowest BCUT2D eigenvalue weighted by Gasteiger charge is -2.24. The van der Waals surface area contributed by atoms with E-state index in [0.29, 0.717) is 11.5 Å². The minimum atomic E-state index is 0.175. The molecule has 0 aliphatic carbocycles. The first-order chi connectivity index (χ1) is 10.4. The quantitative estimate of drug-likeness (QED) is 0.934. The number of aromatic nitrogens is 1. The highest BCUT2D eigenvalue weighted by Crippen LogP contribution is 2.31. The van der Waals surface area contributed by atoms with Crippen molar-refractivity contribution in [2.24, 2.45) is 5.92 Å². The Labute approximate surface area is 124 Å². The van der Waals surface area contributed by atoms with Crippen LogP contribution in [-0.4, -0.2) is 18.2 Å². The van der Waals surface area contributed by atoms with E-state index in [9.17, 15) is 0 Å². The van der Waals surface area contributed by atoms with Gasteiger partial charge in [0, 0.05) is 18.7 Å². The molecule has 21 heavy (non-hydrogen) atoms. The summed E-state index contributed by atoms with van der Waals surface area (Å²) < 4.78 is 5.53. The summed E-state index contributed by atoms with van der Waals surface area (Å²) in [4.78, 5) is 4.31. The molecule has 4 heteroatoms. The molecule has 2 heterocycles. The van der Waals surface area contributed by atoms with E-state index in [1.807, 2.05) is 24.3 Å². The lowest BCUT2D eigenvalue weighted by molar-refractivity contribution is 0.182. The summed E-state index contributed by atoms with van der Waals surface area (Å²) in [6, 6.07) is 16.3. The fourth-order valence-electron chi connectivity index (χ4n) is 2.65. The number of anilines is 1. The van der Waals surface area contributed by atoms with Crippen LogP contribution in [0.1, 0.15) is 23.6 Å². The van der Waals surface area contributed by atoms with Crippen molar-refractivity contribution in [1.82, 2.24) is 4.98 Å². The minimum Gasteiger partial charge on any atom is -0.381 e. The van der Waals surface area contributed by atoms with Crippen molar-refractivity contribution in [1.29, 1.82) is 5.26 Å². The standard InChI is InChI=1S/C17H17N3O/c18-10-13-6-7-16(19-11-13)20-17(15-8-9-21-12-15)14-4-2-1-3-5-14/h1-7,11,15,17H,8-9,12H2,(H,19,20)/t15-,17+/m0/s1. The molecule has 3 rings (SSSR count). The van der Waals surface area contributed by atoms with Crippen molar-refractivity contribution in [3.05, 3.63) is 59.8 Å². The molecule has 1 aromatic heterocycles. The summed E-state index contributed by atoms with van der Waals surface area (Å²) in [5.41, 5.74) is 1.81. The van der Waals surface area contributed by atoms with Crippen LogP contribution >= 0.6 is 0 Å². The predicted octanol–water partition coefficient (Wildman–Crippen LogP) is 3.14. The molecule has 1 aromatic carbocycles. The van der Waals surface area contributed by atoms with Crippen LogP contribution in [-0.2, 0) is 4.74 Å². The van der Waals surface area contributed by atoms with Gasteiger partial charge in [0.2, 0.25) is 0 Å². The van der Waals surface area contributed by atoms with Gasteiger partial charge >= 0.3 is 0 Å². The zero-order valence-electron chi connectivity index (χ0n) is 11.7. The van der Waals surface area contributed by atoms with Gasteiger partial charge in [-0.15, -0.1) is 0 Å². The Kier molecular flexibility index (Phi) is 4.13. The van der Waals surface area contributed by atoms with E-state index in [1.165, 1.54) is 5.56 Å². The minimum absolute atomic E-state index is 0.175. The number of benzene rings is 1. The van der Waals surface area contributed by atoms with Crippen LogP contribution in [0.2, 0.25) is 0 Å². The number of rotatable bonds is 4. The molecule has 0 bridgehead atoms. The first-order valence-corrected chi connectivity index (χ1v) is 7.12. The van der Waals surface area contributed by atoms with Crippen LogP contribution in [0.15, 0.2) is 48.7 Å². The molecule has 0 spiro atoms. The molecule has 1 N–H and O–H groups in total. The fraction of sp³-hybridized carbons (Fsp3) is 0.294. The van der Waals surface area contributed by atoms with Crippen LogP contribution < -0.4 is 5.32 Å². The third-order valence-electron chi connectivity index (χ3n) is 3.79. The molecule has 2 aromatic rings. The highest BCUT2D eigenvalue weighted by molar-refractivity contribution is 5.42. The van der Waals surface area contributed by atoms with E-state index in [1.54, 1.807) is 12.3 Å². The van der Waals surface area contributed by atoms with Gasteiger partial charge in [0.1, 0.15) is 11.9 Å². The molecule has 1 saturated heterocycles. The second-order valence-corrected chi connectivity index (χ2v) is 5.20. The Morgan fingerprint density at radius 1 is 1.24 bits per heavy atom. The number of ether oxygens (including phenoxy) is 1. The maximum atomic E-state index is 8.83. The van der Waals surface area contributed by atoms with Gasteiger partial charge in [0.05, 0.1) is 18.2 Å². The number of hydrogen-bond donors (Lipinski definition) is 1. The molecule has 2 atom stereocenters. The number of nitrogens with zero attached hydrogens (tertiary/aromatic N) is 2. The zero-order valence-corrected chi connectivity index (χ0v) is 11.7. The molecule has 1 fully saturated rings. The van der Waals surface area contributed by atoms with Gasteiger partial charge in [0.15, 0.2) is 0 Å². The molecule has 0 unspecified atom stereocenters. The molecular formula is C17H17N3O. The van der Waals surface area contributed by atoms with E-state index < -0.39 is 0 Å². The van der Waals surface area contributed by atoms with Crippen LogP contribution in [0.5, 0.6) is 0 Å². The summed E-state index contributed by atoms with van der Waals surface area (Å²) in [5.74, 6) is 1.22. The van der Waals surface area contributed by atoms with Gasteiger partial charge in [-0.25, -0.2) is 4.98 Å². The molecular weight excluding hydrogens is 262 g/mol. The normalized spacial score (nSPS) is 18.9. The number of pyridine rings is 1. The molecule has 1 aliphatic rings. The predicted molar refractivity (Wildman–Crippen MR) is 80.7 cm³/mol. The first-order valence-electron chi connectivity index (χ1n) is 7.12. The second-order valence-electron chi connectivity index (χ2n) is 5.20. The Balaban J connectivity index is 1.83. The fourth-order valence-corrected chi connectivity index (χ4v) is 2.65. The highest BCUT2D eigenvalue weighted by Gasteiger charge is 2.27. The van der Waals surface area contributed by atoms with Gasteiger partial charge in [0.25, 0.3) is 0 Å². The lowest BCUT2D eigenvalue weighted by atomic mass is 9.92. The third kappa shape index (κ3) is 3.21. The zero-order chi connectivity index (χ0) is 14.5. The summed E-state index contributed by atoms with van der Waals surface area (Å²) >= 11 is 0. The summed E-state index contributed by atoms with van der Waals surface area (Å²) in [6.45, 7) is 1.58. The average Bonchev–Trinajstić information content (AvgIpc) is 3.08. The SMILES string of the molecule is N#Cc1ccc(N[C@H](c2ccccc2)[C@H]2CCOC2)nc1. The lowest BCUT2D eigenvalue weighted by Crippen LogP contribution is -2.21. The van der Waals surface area contributed by atoms with Crippen LogP contribution in [0, 0.1) is 17.2 Å². The number of hydrogen-bond acceptors (Lipinski definition) is 4. The summed E-state index contributed by atoms with van der Waals surface area (Å²) in [5, 5.41) is 12.3. The van der Waals surface area contributed by atoms with E-state index in [0.717, 1.165) is 25.5 Å². The van der Waals surface area contributed by atoms with Crippen molar-refractivity contribution >= 4 is 5.82 Å². The molecule has 4 nitrogen and oxygen atoms in total. The van der Waals surface area contributed by atoms with Gasteiger partial charge in [-0.3, -0.25) is 0 Å². The smallest absolute Gasteiger partial charge is 0.126 e. The van der Waals surface area contributed by atoms with Crippen molar-refractivity contribution in [2.75, 3.05) is 18.5 Å². The molecule has 0 saturated carbocycles. The molecule has 0 radical (unpaired) electrons. The number of nitrogens with one attached hydrogen (secondary N) is 1. The maximum absolute atomic E-state index is 8.83. The van der Waals surface area contributed by atoms with E-state index in [-0.39, 0.29) is 6.04 Å². The van der Waals surface area contributed by atoms with Crippen molar-refractivity contribution in [2.45, 2.75) is 12.5 Å². The highest BCUT2D eigenvalue weighted by atomic mass is 16.5. The first kappa shape index (κ1) is 13.6. The summed E-state index contributed by atoms with van der Waals surface area (Å²) in [6.07, 6.45) is 2.64. The Hall–Kier alpha value is -2.38.